The van der Waals surface area contributed by atoms with Crippen molar-refractivity contribution in [1.29, 1.82) is 0 Å². The monoisotopic (exact) mass is 358 g/mol. The minimum Gasteiger partial charge on any atom is -0.507 e. The van der Waals surface area contributed by atoms with Crippen molar-refractivity contribution in [3.63, 3.8) is 0 Å². The van der Waals surface area contributed by atoms with E-state index in [1.165, 1.54) is 25.1 Å². The van der Waals surface area contributed by atoms with E-state index in [-0.39, 0.29) is 11.7 Å². The van der Waals surface area contributed by atoms with Crippen LogP contribution in [0.15, 0.2) is 30.9 Å². The number of aromatic nitrogens is 3. The van der Waals surface area contributed by atoms with Gasteiger partial charge in [-0.25, -0.2) is 15.0 Å². The number of benzene rings is 1. The Morgan fingerprint density at radius 1 is 1.19 bits per heavy atom. The van der Waals surface area contributed by atoms with E-state index in [9.17, 15) is 9.90 Å². The molecule has 0 saturated heterocycles. The highest BCUT2D eigenvalue weighted by Gasteiger charge is 2.29. The number of rotatable bonds is 9. The lowest BCUT2D eigenvalue weighted by atomic mass is 10.1. The van der Waals surface area contributed by atoms with Crippen molar-refractivity contribution in [2.45, 2.75) is 52.1 Å². The molecule has 7 nitrogen and oxygen atoms in total. The number of hydrogen-bond donors (Lipinski definition) is 2. The van der Waals surface area contributed by atoms with Crippen molar-refractivity contribution in [3.8, 4) is 22.9 Å². The van der Waals surface area contributed by atoms with Gasteiger partial charge in [-0.3, -0.25) is 4.79 Å². The number of unbranched alkanes of at least 4 members (excludes halogenated alkanes) is 3. The number of amides is 1. The Labute approximate surface area is 153 Å². The number of nitrogens with zero attached hydrogens (tertiary/aromatic N) is 3. The summed E-state index contributed by atoms with van der Waals surface area (Å²) in [6.45, 7) is 6.18. The maximum Gasteiger partial charge on any atom is 0.263 e. The molecule has 1 amide bonds. The summed E-state index contributed by atoms with van der Waals surface area (Å²) in [5.74, 6) is 0.555. The van der Waals surface area contributed by atoms with Crippen molar-refractivity contribution in [2.24, 2.45) is 0 Å². The molecule has 0 saturated carbocycles. The molecule has 1 aromatic heterocycles. The zero-order chi connectivity index (χ0) is 19.0. The van der Waals surface area contributed by atoms with Crippen LogP contribution in [0.1, 0.15) is 46.5 Å². The SMILES string of the molecule is CCCCCCNC(=O)C(C)(C)Oc1ccc(-c2ncncn2)c(O)c1. The number of ether oxygens (including phenoxy) is 1. The Kier molecular flexibility index (Phi) is 6.89. The number of nitrogens with one attached hydrogen (secondary N) is 1. The Morgan fingerprint density at radius 3 is 2.58 bits per heavy atom. The van der Waals surface area contributed by atoms with E-state index in [1.807, 2.05) is 0 Å². The van der Waals surface area contributed by atoms with E-state index in [4.69, 9.17) is 4.74 Å². The molecule has 0 aliphatic heterocycles. The lowest BCUT2D eigenvalue weighted by Crippen LogP contribution is -2.46. The first-order valence-electron chi connectivity index (χ1n) is 8.86. The predicted octanol–water partition coefficient (Wildman–Crippen LogP) is 3.10. The van der Waals surface area contributed by atoms with E-state index < -0.39 is 5.60 Å². The van der Waals surface area contributed by atoms with Crippen molar-refractivity contribution in [3.05, 3.63) is 30.9 Å². The molecule has 0 unspecified atom stereocenters. The van der Waals surface area contributed by atoms with Gasteiger partial charge in [0.05, 0.1) is 5.56 Å². The van der Waals surface area contributed by atoms with E-state index in [1.54, 1.807) is 26.0 Å². The largest absolute Gasteiger partial charge is 0.507 e. The molecule has 0 aliphatic carbocycles. The van der Waals surface area contributed by atoms with Crippen LogP contribution in [0.5, 0.6) is 11.5 Å². The van der Waals surface area contributed by atoms with Crippen LogP contribution in [-0.2, 0) is 4.79 Å². The number of phenolic OH excluding ortho intramolecular Hbond substituents is 1. The van der Waals surface area contributed by atoms with Crippen LogP contribution < -0.4 is 10.1 Å². The van der Waals surface area contributed by atoms with Crippen LogP contribution in [0.25, 0.3) is 11.4 Å². The second-order valence-electron chi connectivity index (χ2n) is 6.57. The lowest BCUT2D eigenvalue weighted by Gasteiger charge is -2.25. The highest BCUT2D eigenvalue weighted by Crippen LogP contribution is 2.31. The molecule has 0 radical (unpaired) electrons. The van der Waals surface area contributed by atoms with Crippen molar-refractivity contribution < 1.29 is 14.6 Å². The van der Waals surface area contributed by atoms with E-state index in [0.717, 1.165) is 19.3 Å². The highest BCUT2D eigenvalue weighted by molar-refractivity contribution is 5.84. The maximum absolute atomic E-state index is 12.3. The zero-order valence-electron chi connectivity index (χ0n) is 15.5. The molecule has 2 aromatic rings. The molecular weight excluding hydrogens is 332 g/mol. The third-order valence-corrected chi connectivity index (χ3v) is 3.94. The fourth-order valence-electron chi connectivity index (χ4n) is 2.45. The molecule has 0 fully saturated rings. The topological polar surface area (TPSA) is 97.2 Å². The number of phenols is 1. The summed E-state index contributed by atoms with van der Waals surface area (Å²) in [6.07, 6.45) is 7.11. The molecule has 2 N–H and O–H groups in total. The van der Waals surface area contributed by atoms with Gasteiger partial charge >= 0.3 is 0 Å². The summed E-state index contributed by atoms with van der Waals surface area (Å²) < 4.78 is 5.79. The van der Waals surface area contributed by atoms with Crippen molar-refractivity contribution >= 4 is 5.91 Å². The Morgan fingerprint density at radius 2 is 1.92 bits per heavy atom. The fourth-order valence-corrected chi connectivity index (χ4v) is 2.45. The molecular formula is C19H26N4O3. The summed E-state index contributed by atoms with van der Waals surface area (Å²) in [5.41, 5.74) is -0.579. The van der Waals surface area contributed by atoms with E-state index in [0.29, 0.717) is 23.7 Å². The third kappa shape index (κ3) is 5.40. The minimum atomic E-state index is -1.05. The molecule has 140 valence electrons. The maximum atomic E-state index is 12.3. The summed E-state index contributed by atoms with van der Waals surface area (Å²) in [4.78, 5) is 24.1. The fraction of sp³-hybridized carbons (Fsp3) is 0.474. The average molecular weight is 358 g/mol. The lowest BCUT2D eigenvalue weighted by molar-refractivity contribution is -0.134. The van der Waals surface area contributed by atoms with Crippen LogP contribution >= 0.6 is 0 Å². The standard InChI is InChI=1S/C19H26N4O3/c1-4-5-6-7-10-21-18(25)19(2,3)26-14-8-9-15(16(24)11-14)17-22-12-20-13-23-17/h8-9,11-13,24H,4-7,10H2,1-3H3,(H,21,25). The molecule has 0 bridgehead atoms. The quantitative estimate of drug-likeness (QED) is 0.669. The summed E-state index contributed by atoms with van der Waals surface area (Å²) in [7, 11) is 0. The zero-order valence-corrected chi connectivity index (χ0v) is 15.5. The van der Waals surface area contributed by atoms with Crippen LogP contribution in [0, 0.1) is 0 Å². The second-order valence-corrected chi connectivity index (χ2v) is 6.57. The van der Waals surface area contributed by atoms with Crippen LogP contribution in [0.2, 0.25) is 0 Å². The number of carbonyl (C=O) groups excluding carboxylic acids is 1. The van der Waals surface area contributed by atoms with Crippen LogP contribution in [-0.4, -0.2) is 38.1 Å². The third-order valence-electron chi connectivity index (χ3n) is 3.94. The molecule has 0 aliphatic rings. The van der Waals surface area contributed by atoms with Gasteiger partial charge < -0.3 is 15.2 Å². The molecule has 7 heteroatoms. The predicted molar refractivity (Wildman–Crippen MR) is 98.8 cm³/mol. The van der Waals surface area contributed by atoms with Gasteiger partial charge in [0.2, 0.25) is 0 Å². The molecule has 1 aromatic carbocycles. The first-order chi connectivity index (χ1) is 12.4. The van der Waals surface area contributed by atoms with E-state index >= 15 is 0 Å². The van der Waals surface area contributed by atoms with Gasteiger partial charge in [-0.1, -0.05) is 26.2 Å². The van der Waals surface area contributed by atoms with Gasteiger partial charge in [-0.15, -0.1) is 0 Å². The average Bonchev–Trinajstić information content (AvgIpc) is 2.62. The van der Waals surface area contributed by atoms with Crippen molar-refractivity contribution in [2.75, 3.05) is 6.54 Å². The Hall–Kier alpha value is -2.70. The molecule has 0 atom stereocenters. The van der Waals surface area contributed by atoms with Gasteiger partial charge in [-0.05, 0) is 32.4 Å². The Balaban J connectivity index is 1.98. The highest BCUT2D eigenvalue weighted by atomic mass is 16.5. The summed E-state index contributed by atoms with van der Waals surface area (Å²) >= 11 is 0. The summed E-state index contributed by atoms with van der Waals surface area (Å²) in [6, 6.07) is 4.78. The summed E-state index contributed by atoms with van der Waals surface area (Å²) in [5, 5.41) is 13.1. The van der Waals surface area contributed by atoms with Gasteiger partial charge in [-0.2, -0.15) is 0 Å². The number of aromatic hydroxyl groups is 1. The first kappa shape index (κ1) is 19.6. The van der Waals surface area contributed by atoms with Crippen molar-refractivity contribution in [1.82, 2.24) is 20.3 Å². The molecule has 2 rings (SSSR count). The smallest absolute Gasteiger partial charge is 0.263 e. The van der Waals surface area contributed by atoms with Gasteiger partial charge in [0, 0.05) is 12.6 Å². The molecule has 1 heterocycles. The van der Waals surface area contributed by atoms with Gasteiger partial charge in [0.15, 0.2) is 11.4 Å². The minimum absolute atomic E-state index is 0.0236. The van der Waals surface area contributed by atoms with Gasteiger partial charge in [0.25, 0.3) is 5.91 Å². The van der Waals surface area contributed by atoms with Gasteiger partial charge in [0.1, 0.15) is 24.2 Å². The van der Waals surface area contributed by atoms with E-state index in [2.05, 4.69) is 27.2 Å². The number of hydrogen-bond acceptors (Lipinski definition) is 6. The second kappa shape index (κ2) is 9.12. The number of carbonyl (C=O) groups is 1. The molecule has 0 spiro atoms. The normalized spacial score (nSPS) is 11.2. The Bertz CT molecular complexity index is 720. The van der Waals surface area contributed by atoms with Crippen LogP contribution in [0.4, 0.5) is 0 Å². The van der Waals surface area contributed by atoms with Crippen LogP contribution in [0.3, 0.4) is 0 Å². The first-order valence-corrected chi connectivity index (χ1v) is 8.86. The molecule has 26 heavy (non-hydrogen) atoms.